The van der Waals surface area contributed by atoms with Crippen LogP contribution in [0.4, 0.5) is 0 Å². The molecule has 6 aromatic rings. The molecule has 0 atom stereocenters. The highest BCUT2D eigenvalue weighted by Crippen LogP contribution is 2.40. The van der Waals surface area contributed by atoms with Gasteiger partial charge in [0.05, 0.1) is 26.4 Å². The minimum absolute atomic E-state index is 0.858. The number of pyridine rings is 1. The molecule has 10 rings (SSSR count). The van der Waals surface area contributed by atoms with E-state index in [2.05, 4.69) is 166 Å². The van der Waals surface area contributed by atoms with Crippen LogP contribution in [0.1, 0.15) is 46.2 Å². The number of benzene rings is 5. The van der Waals surface area contributed by atoms with Crippen molar-refractivity contribution < 1.29 is 9.47 Å². The molecule has 0 amide bonds. The molecule has 0 saturated carbocycles. The fraction of sp³-hybridized carbons (Fsp3) is 0.226. The van der Waals surface area contributed by atoms with Crippen LogP contribution in [-0.4, -0.2) is 80.5 Å². The van der Waals surface area contributed by atoms with Gasteiger partial charge in [-0.1, -0.05) is 127 Å². The van der Waals surface area contributed by atoms with Crippen LogP contribution in [0.25, 0.3) is 56.3 Å². The molecule has 2 aliphatic heterocycles. The molecule has 5 aromatic carbocycles. The van der Waals surface area contributed by atoms with Gasteiger partial charge in [0.2, 0.25) is 0 Å². The molecule has 5 heteroatoms. The average molecular weight is 762 g/mol. The van der Waals surface area contributed by atoms with Gasteiger partial charge >= 0.3 is 0 Å². The maximum Gasteiger partial charge on any atom is 0.0594 e. The minimum atomic E-state index is 0.858. The van der Waals surface area contributed by atoms with Gasteiger partial charge in [0.1, 0.15) is 0 Å². The van der Waals surface area contributed by atoms with Gasteiger partial charge < -0.3 is 9.47 Å². The van der Waals surface area contributed by atoms with Crippen LogP contribution in [0.15, 0.2) is 152 Å². The molecule has 0 bridgehead atoms. The van der Waals surface area contributed by atoms with Crippen molar-refractivity contribution in [3.8, 4) is 11.1 Å². The number of fused-ring (bicyclic) bond motifs is 3. The van der Waals surface area contributed by atoms with Crippen LogP contribution >= 0.6 is 0 Å². The summed E-state index contributed by atoms with van der Waals surface area (Å²) in [6, 6.07) is 45.5. The Hall–Kier alpha value is -5.69. The van der Waals surface area contributed by atoms with Crippen LogP contribution in [0.3, 0.4) is 0 Å². The van der Waals surface area contributed by atoms with E-state index in [1.807, 2.05) is 12.4 Å². The number of morpholine rings is 2. The molecule has 2 fully saturated rings. The van der Waals surface area contributed by atoms with Crippen LogP contribution in [0.5, 0.6) is 0 Å². The standard InChI is InChI=1S/C28H27NO.C25H24N2O/c1-2-8-23(9-3-1)24-10-6-7-22(19-24)20-26-21-25(27-11-4-5-12-28(26)27)13-14-29-15-17-30-18-16-29;1-2-7-25-22(16-19-4-3-5-21-18-26-10-8-23(19)21)17-20(24(25)6-1)9-11-27-12-14-28-15-13-27/h1-12,19-21H,13-18H2;1-8,10,16-18H,9,11-15H2/b26-20+;22-16+. The van der Waals surface area contributed by atoms with E-state index < -0.39 is 0 Å². The van der Waals surface area contributed by atoms with Crippen LogP contribution in [0, 0.1) is 0 Å². The van der Waals surface area contributed by atoms with Gasteiger partial charge in [-0.15, -0.1) is 0 Å². The van der Waals surface area contributed by atoms with Gasteiger partial charge in [0.15, 0.2) is 0 Å². The number of allylic oxidation sites excluding steroid dienone is 4. The van der Waals surface area contributed by atoms with Crippen molar-refractivity contribution in [1.29, 1.82) is 0 Å². The zero-order valence-corrected chi connectivity index (χ0v) is 33.2. The molecule has 1 aromatic heterocycles. The summed E-state index contributed by atoms with van der Waals surface area (Å²) in [4.78, 5) is 9.27. The second-order valence-electron chi connectivity index (χ2n) is 15.5. The molecule has 0 N–H and O–H groups in total. The van der Waals surface area contributed by atoms with Crippen molar-refractivity contribution in [3.63, 3.8) is 0 Å². The van der Waals surface area contributed by atoms with E-state index in [9.17, 15) is 0 Å². The third-order valence-electron chi connectivity index (χ3n) is 11.8. The lowest BCUT2D eigenvalue weighted by Crippen LogP contribution is -2.36. The molecular weight excluding hydrogens is 711 g/mol. The van der Waals surface area contributed by atoms with Gasteiger partial charge in [-0.2, -0.15) is 0 Å². The van der Waals surface area contributed by atoms with Crippen LogP contribution in [-0.2, 0) is 9.47 Å². The van der Waals surface area contributed by atoms with E-state index in [0.717, 1.165) is 78.5 Å². The van der Waals surface area contributed by atoms with E-state index in [-0.39, 0.29) is 0 Å². The number of ether oxygens (including phenoxy) is 2. The first-order valence-electron chi connectivity index (χ1n) is 20.9. The predicted octanol–water partition coefficient (Wildman–Crippen LogP) is 10.9. The summed E-state index contributed by atoms with van der Waals surface area (Å²) in [5, 5.41) is 2.43. The summed E-state index contributed by atoms with van der Waals surface area (Å²) < 4.78 is 11.0. The van der Waals surface area contributed by atoms with Gasteiger partial charge in [0.25, 0.3) is 0 Å². The summed E-state index contributed by atoms with van der Waals surface area (Å²) >= 11 is 0. The fourth-order valence-corrected chi connectivity index (χ4v) is 8.63. The van der Waals surface area contributed by atoms with Crippen molar-refractivity contribution >= 4 is 45.2 Å². The van der Waals surface area contributed by atoms with E-state index in [1.165, 1.54) is 77.6 Å². The Morgan fingerprint density at radius 1 is 0.517 bits per heavy atom. The average Bonchev–Trinajstić information content (AvgIpc) is 3.83. The highest BCUT2D eigenvalue weighted by molar-refractivity contribution is 6.05. The van der Waals surface area contributed by atoms with Gasteiger partial charge in [-0.3, -0.25) is 14.8 Å². The number of nitrogens with zero attached hydrogens (tertiary/aromatic N) is 3. The third kappa shape index (κ3) is 8.89. The van der Waals surface area contributed by atoms with E-state index in [4.69, 9.17) is 9.47 Å². The van der Waals surface area contributed by atoms with Gasteiger partial charge in [0, 0.05) is 57.0 Å². The largest absolute Gasteiger partial charge is 0.379 e. The Balaban J connectivity index is 0.000000151. The molecule has 290 valence electrons. The summed E-state index contributed by atoms with van der Waals surface area (Å²) in [6.45, 7) is 9.80. The molecular formula is C53H51N3O2. The lowest BCUT2D eigenvalue weighted by Gasteiger charge is -2.26. The van der Waals surface area contributed by atoms with Crippen LogP contribution in [0.2, 0.25) is 0 Å². The van der Waals surface area contributed by atoms with Crippen molar-refractivity contribution in [2.75, 3.05) is 65.7 Å². The second kappa shape index (κ2) is 18.3. The number of aromatic nitrogens is 1. The van der Waals surface area contributed by atoms with Gasteiger partial charge in [-0.25, -0.2) is 0 Å². The fourth-order valence-electron chi connectivity index (χ4n) is 8.63. The Labute approximate surface area is 343 Å². The van der Waals surface area contributed by atoms with Crippen molar-refractivity contribution in [1.82, 2.24) is 14.8 Å². The molecule has 2 saturated heterocycles. The number of rotatable bonds is 9. The maximum atomic E-state index is 5.49. The molecule has 4 aliphatic rings. The van der Waals surface area contributed by atoms with E-state index in [1.54, 1.807) is 0 Å². The molecule has 2 aliphatic carbocycles. The Kier molecular flexibility index (Phi) is 11.9. The topological polar surface area (TPSA) is 37.8 Å². The first kappa shape index (κ1) is 37.9. The highest BCUT2D eigenvalue weighted by Gasteiger charge is 2.21. The monoisotopic (exact) mass is 761 g/mol. The van der Waals surface area contributed by atoms with Crippen molar-refractivity contribution in [2.24, 2.45) is 0 Å². The van der Waals surface area contributed by atoms with Crippen molar-refractivity contribution in [3.05, 3.63) is 185 Å². The first-order valence-corrected chi connectivity index (χ1v) is 20.9. The Morgan fingerprint density at radius 2 is 1.07 bits per heavy atom. The van der Waals surface area contributed by atoms with Crippen molar-refractivity contribution in [2.45, 2.75) is 12.8 Å². The smallest absolute Gasteiger partial charge is 0.0594 e. The molecule has 0 radical (unpaired) electrons. The molecule has 0 spiro atoms. The van der Waals surface area contributed by atoms with Gasteiger partial charge in [-0.05, 0) is 109 Å². The highest BCUT2D eigenvalue weighted by atomic mass is 16.5. The minimum Gasteiger partial charge on any atom is -0.379 e. The van der Waals surface area contributed by atoms with Crippen LogP contribution < -0.4 is 0 Å². The molecule has 0 unspecified atom stereocenters. The van der Waals surface area contributed by atoms with E-state index in [0.29, 0.717) is 0 Å². The second-order valence-corrected chi connectivity index (χ2v) is 15.5. The quantitative estimate of drug-likeness (QED) is 0.147. The predicted molar refractivity (Wildman–Crippen MR) is 242 cm³/mol. The number of hydrogen-bond acceptors (Lipinski definition) is 5. The normalized spacial score (nSPS) is 18.1. The summed E-state index contributed by atoms with van der Waals surface area (Å²) in [7, 11) is 0. The number of hydrogen-bond donors (Lipinski definition) is 0. The van der Waals surface area contributed by atoms with E-state index >= 15 is 0 Å². The summed E-state index contributed by atoms with van der Waals surface area (Å²) in [5.74, 6) is 0. The Bertz CT molecular complexity index is 2480. The molecule has 58 heavy (non-hydrogen) atoms. The Morgan fingerprint density at radius 3 is 1.71 bits per heavy atom. The first-order chi connectivity index (χ1) is 28.7. The zero-order chi connectivity index (χ0) is 38.9. The maximum absolute atomic E-state index is 5.49. The molecule has 5 nitrogen and oxygen atoms in total. The summed E-state index contributed by atoms with van der Waals surface area (Å²) in [5.41, 5.74) is 16.0. The molecule has 3 heterocycles. The lowest BCUT2D eigenvalue weighted by atomic mass is 9.99. The third-order valence-corrected chi connectivity index (χ3v) is 11.8. The lowest BCUT2D eigenvalue weighted by molar-refractivity contribution is 0.0389. The summed E-state index contributed by atoms with van der Waals surface area (Å²) in [6.07, 6.45) is 15.4. The zero-order valence-electron chi connectivity index (χ0n) is 33.2. The SMILES string of the molecule is C1=C(CCN2CCOCC2)c2ccccc2/C1=C/c1cccc(-c2ccccc2)c1.C1=C(CCN2CCOCC2)c2ccccc2/C1=C/c1cccc2cnccc12.